The predicted molar refractivity (Wildman–Crippen MR) is 111 cm³/mol. The van der Waals surface area contributed by atoms with Crippen LogP contribution in [0.15, 0.2) is 53.0 Å². The summed E-state index contributed by atoms with van der Waals surface area (Å²) in [4.78, 5) is 25.3. The molecule has 2 fully saturated rings. The second kappa shape index (κ2) is 6.45. The lowest BCUT2D eigenvalue weighted by atomic mass is 9.59. The number of carbonyl (C=O) groups excluding carboxylic acids is 2. The second-order valence-corrected chi connectivity index (χ2v) is 9.47. The molecule has 1 saturated carbocycles. The van der Waals surface area contributed by atoms with Crippen molar-refractivity contribution in [3.8, 4) is 0 Å². The molecule has 1 aliphatic heterocycles. The maximum absolute atomic E-state index is 13.1. The average molecular weight is 439 g/mol. The monoisotopic (exact) mass is 438 g/mol. The average Bonchev–Trinajstić information content (AvgIpc) is 3.13. The van der Waals surface area contributed by atoms with Crippen LogP contribution < -0.4 is 10.6 Å². The highest BCUT2D eigenvalue weighted by Gasteiger charge is 2.65. The highest BCUT2D eigenvalue weighted by molar-refractivity contribution is 9.10. The maximum atomic E-state index is 13.1. The molecule has 0 aromatic heterocycles. The zero-order valence-electron chi connectivity index (χ0n) is 15.6. The molecule has 2 aromatic rings. The molecule has 1 unspecified atom stereocenters. The van der Waals surface area contributed by atoms with Gasteiger partial charge in [-0.25, -0.2) is 4.79 Å². The molecule has 1 heterocycles. The van der Waals surface area contributed by atoms with Crippen LogP contribution in [0.2, 0.25) is 0 Å². The Morgan fingerprint density at radius 2 is 1.79 bits per heavy atom. The Morgan fingerprint density at radius 3 is 2.46 bits per heavy atom. The minimum absolute atomic E-state index is 0.184. The van der Waals surface area contributed by atoms with Crippen LogP contribution in [0.4, 0.5) is 4.79 Å². The van der Waals surface area contributed by atoms with Crippen LogP contribution in [0.25, 0.3) is 0 Å². The van der Waals surface area contributed by atoms with Gasteiger partial charge in [-0.2, -0.15) is 0 Å². The summed E-state index contributed by atoms with van der Waals surface area (Å²) in [6, 6.07) is 16.4. The molecule has 0 radical (unpaired) electrons. The van der Waals surface area contributed by atoms with Crippen molar-refractivity contribution >= 4 is 27.9 Å². The molecule has 3 amide bonds. The summed E-state index contributed by atoms with van der Waals surface area (Å²) in [7, 11) is 0. The normalized spacial score (nSPS) is 31.1. The Morgan fingerprint density at radius 1 is 1.04 bits per heavy atom. The molecule has 5 rings (SSSR count). The van der Waals surface area contributed by atoms with Gasteiger partial charge < -0.3 is 5.32 Å². The first kappa shape index (κ1) is 17.9. The van der Waals surface area contributed by atoms with E-state index < -0.39 is 5.54 Å². The number of amides is 3. The number of urea groups is 1. The quantitative estimate of drug-likeness (QED) is 0.679. The van der Waals surface area contributed by atoms with E-state index in [0.29, 0.717) is 5.92 Å². The van der Waals surface area contributed by atoms with Crippen molar-refractivity contribution < 1.29 is 9.59 Å². The van der Waals surface area contributed by atoms with Crippen LogP contribution in [-0.2, 0) is 23.2 Å². The van der Waals surface area contributed by atoms with Gasteiger partial charge in [0, 0.05) is 9.89 Å². The molecule has 144 valence electrons. The lowest BCUT2D eigenvalue weighted by Gasteiger charge is -2.46. The Balaban J connectivity index is 1.46. The summed E-state index contributed by atoms with van der Waals surface area (Å²) in [6.45, 7) is 0. The molecule has 1 atom stereocenters. The fourth-order valence-corrected chi connectivity index (χ4v) is 6.15. The van der Waals surface area contributed by atoms with Gasteiger partial charge in [0.15, 0.2) is 5.54 Å². The zero-order chi connectivity index (χ0) is 19.4. The number of benzene rings is 2. The number of hydrogen-bond acceptors (Lipinski definition) is 2. The molecule has 2 aliphatic carbocycles. The van der Waals surface area contributed by atoms with Gasteiger partial charge in [0.2, 0.25) is 0 Å². The lowest BCUT2D eigenvalue weighted by Crippen LogP contribution is -2.56. The molecule has 5 heteroatoms. The van der Waals surface area contributed by atoms with Crippen LogP contribution >= 0.6 is 15.9 Å². The molecule has 1 saturated heterocycles. The first-order valence-corrected chi connectivity index (χ1v) is 10.8. The Bertz CT molecular complexity index is 950. The molecule has 3 aliphatic rings. The van der Waals surface area contributed by atoms with Crippen LogP contribution in [0.5, 0.6) is 0 Å². The zero-order valence-corrected chi connectivity index (χ0v) is 17.2. The molecular formula is C23H23BrN2O2. The van der Waals surface area contributed by atoms with Crippen LogP contribution in [0.1, 0.15) is 42.4 Å². The van der Waals surface area contributed by atoms with Crippen molar-refractivity contribution in [2.24, 2.45) is 11.3 Å². The molecule has 2 aromatic carbocycles. The first-order valence-electron chi connectivity index (χ1n) is 9.99. The third kappa shape index (κ3) is 2.55. The molecule has 4 nitrogen and oxygen atoms in total. The topological polar surface area (TPSA) is 58.2 Å². The van der Waals surface area contributed by atoms with E-state index in [9.17, 15) is 9.59 Å². The molecule has 0 bridgehead atoms. The van der Waals surface area contributed by atoms with Crippen LogP contribution in [0.3, 0.4) is 0 Å². The Hall–Kier alpha value is -2.14. The number of halogens is 1. The van der Waals surface area contributed by atoms with E-state index in [1.54, 1.807) is 0 Å². The fourth-order valence-electron chi connectivity index (χ4n) is 5.79. The van der Waals surface area contributed by atoms with Gasteiger partial charge in [-0.15, -0.1) is 0 Å². The highest BCUT2D eigenvalue weighted by Crippen LogP contribution is 2.59. The van der Waals surface area contributed by atoms with Gasteiger partial charge in [0.1, 0.15) is 0 Å². The Kier molecular flexibility index (Phi) is 4.13. The van der Waals surface area contributed by atoms with E-state index in [4.69, 9.17) is 0 Å². The van der Waals surface area contributed by atoms with Gasteiger partial charge in [-0.1, -0.05) is 52.3 Å². The first-order chi connectivity index (χ1) is 13.5. The van der Waals surface area contributed by atoms with E-state index in [1.165, 1.54) is 11.1 Å². The lowest BCUT2D eigenvalue weighted by molar-refractivity contribution is -0.130. The van der Waals surface area contributed by atoms with Crippen molar-refractivity contribution in [1.29, 1.82) is 0 Å². The third-order valence-corrected chi connectivity index (χ3v) is 7.59. The molecule has 2 N–H and O–H groups in total. The van der Waals surface area contributed by atoms with E-state index in [1.807, 2.05) is 12.1 Å². The van der Waals surface area contributed by atoms with E-state index in [-0.39, 0.29) is 17.4 Å². The maximum Gasteiger partial charge on any atom is 0.322 e. The van der Waals surface area contributed by atoms with Gasteiger partial charge in [0.25, 0.3) is 5.91 Å². The number of imide groups is 1. The third-order valence-electron chi connectivity index (χ3n) is 7.10. The van der Waals surface area contributed by atoms with Gasteiger partial charge in [-0.3, -0.25) is 10.1 Å². The van der Waals surface area contributed by atoms with E-state index in [2.05, 4.69) is 63.0 Å². The summed E-state index contributed by atoms with van der Waals surface area (Å²) >= 11 is 3.55. The van der Waals surface area contributed by atoms with Crippen molar-refractivity contribution in [3.05, 3.63) is 69.7 Å². The predicted octanol–water partition coefficient (Wildman–Crippen LogP) is 4.46. The van der Waals surface area contributed by atoms with Crippen LogP contribution in [-0.4, -0.2) is 11.9 Å². The minimum Gasteiger partial charge on any atom is -0.319 e. The summed E-state index contributed by atoms with van der Waals surface area (Å²) in [5.41, 5.74) is 2.36. The number of fused-ring (bicyclic) bond motifs is 3. The van der Waals surface area contributed by atoms with Gasteiger partial charge in [0.05, 0.1) is 0 Å². The summed E-state index contributed by atoms with van der Waals surface area (Å²) in [5.74, 6) is 0.441. The molecular weight excluding hydrogens is 416 g/mol. The van der Waals surface area contributed by atoms with Gasteiger partial charge in [-0.05, 0) is 73.3 Å². The summed E-state index contributed by atoms with van der Waals surface area (Å²) in [5, 5.41) is 5.60. The molecule has 28 heavy (non-hydrogen) atoms. The van der Waals surface area contributed by atoms with Crippen molar-refractivity contribution in [1.82, 2.24) is 10.6 Å². The SMILES string of the molecule is O=C1NC(=O)C2(N1)c1cc(Br)ccc1CC21CCC(Cc2ccccc2)CC1. The van der Waals surface area contributed by atoms with Crippen molar-refractivity contribution in [2.75, 3.05) is 0 Å². The van der Waals surface area contributed by atoms with E-state index in [0.717, 1.165) is 48.6 Å². The van der Waals surface area contributed by atoms with Crippen LogP contribution in [0, 0.1) is 11.3 Å². The number of nitrogens with one attached hydrogen (secondary N) is 2. The van der Waals surface area contributed by atoms with Crippen molar-refractivity contribution in [2.45, 2.75) is 44.1 Å². The van der Waals surface area contributed by atoms with E-state index >= 15 is 0 Å². The summed E-state index contributed by atoms with van der Waals surface area (Å²) in [6.07, 6.45) is 5.99. The smallest absolute Gasteiger partial charge is 0.319 e. The largest absolute Gasteiger partial charge is 0.322 e. The van der Waals surface area contributed by atoms with Gasteiger partial charge >= 0.3 is 6.03 Å². The van der Waals surface area contributed by atoms with Crippen molar-refractivity contribution in [3.63, 3.8) is 0 Å². The molecule has 2 spiro atoms. The summed E-state index contributed by atoms with van der Waals surface area (Å²) < 4.78 is 0.939. The number of rotatable bonds is 2. The standard InChI is InChI=1S/C23H23BrN2O2/c24-18-7-6-17-14-22(23(19(17)13-18)20(27)25-21(28)26-23)10-8-16(9-11-22)12-15-4-2-1-3-5-15/h1-7,13,16H,8-12,14H2,(H2,25,26,27,28). The minimum atomic E-state index is -0.930. The second-order valence-electron chi connectivity index (χ2n) is 8.55. The number of hydrogen-bond donors (Lipinski definition) is 2. The highest BCUT2D eigenvalue weighted by atomic mass is 79.9. The fraction of sp³-hybridized carbons (Fsp3) is 0.391. The number of carbonyl (C=O) groups is 2. The Labute approximate surface area is 173 Å².